The van der Waals surface area contributed by atoms with Gasteiger partial charge in [0.1, 0.15) is 11.3 Å². The molecule has 13 heteroatoms. The first-order chi connectivity index (χ1) is 15.9. The normalized spacial score (nSPS) is 13.1. The van der Waals surface area contributed by atoms with Crippen LogP contribution in [-0.4, -0.2) is 52.6 Å². The molecule has 0 fully saturated rings. The fourth-order valence-electron chi connectivity index (χ4n) is 3.35. The van der Waals surface area contributed by atoms with E-state index in [1.807, 2.05) is 0 Å². The molecule has 0 radical (unpaired) electrons. The SMILES string of the molecule is Cc1cn(-c2ccn3ncc(C(=O)N[C@@H](c4ccc(OC(F)(F)F)cc4)C(C)(C)O)c3n2)nn1. The van der Waals surface area contributed by atoms with Gasteiger partial charge in [0.25, 0.3) is 5.91 Å². The number of aliphatic hydroxyl groups is 1. The van der Waals surface area contributed by atoms with Crippen molar-refractivity contribution in [2.24, 2.45) is 0 Å². The Bertz CT molecular complexity index is 1320. The highest BCUT2D eigenvalue weighted by Crippen LogP contribution is 2.29. The van der Waals surface area contributed by atoms with Crippen molar-refractivity contribution in [1.29, 1.82) is 0 Å². The van der Waals surface area contributed by atoms with E-state index in [2.05, 4.69) is 30.4 Å². The van der Waals surface area contributed by atoms with Crippen molar-refractivity contribution in [3.8, 4) is 11.6 Å². The lowest BCUT2D eigenvalue weighted by Gasteiger charge is -2.30. The largest absolute Gasteiger partial charge is 0.573 e. The molecule has 0 aliphatic heterocycles. The lowest BCUT2D eigenvalue weighted by atomic mass is 9.91. The zero-order valence-corrected chi connectivity index (χ0v) is 18.3. The van der Waals surface area contributed by atoms with Crippen LogP contribution in [0.25, 0.3) is 11.5 Å². The zero-order valence-electron chi connectivity index (χ0n) is 18.3. The third-order valence-corrected chi connectivity index (χ3v) is 4.87. The first-order valence-corrected chi connectivity index (χ1v) is 10.0. The lowest BCUT2D eigenvalue weighted by molar-refractivity contribution is -0.274. The van der Waals surface area contributed by atoms with Gasteiger partial charge in [0, 0.05) is 12.3 Å². The van der Waals surface area contributed by atoms with Gasteiger partial charge in [-0.1, -0.05) is 17.3 Å². The number of benzene rings is 1. The van der Waals surface area contributed by atoms with Crippen LogP contribution >= 0.6 is 0 Å². The van der Waals surface area contributed by atoms with Gasteiger partial charge < -0.3 is 15.2 Å². The van der Waals surface area contributed by atoms with Crippen LogP contribution in [-0.2, 0) is 0 Å². The van der Waals surface area contributed by atoms with Crippen LogP contribution in [0.1, 0.15) is 41.5 Å². The number of hydrogen-bond donors (Lipinski definition) is 2. The Morgan fingerprint density at radius 1 is 1.18 bits per heavy atom. The Hall–Kier alpha value is -4.00. The second-order valence-electron chi connectivity index (χ2n) is 8.09. The molecule has 1 amide bonds. The van der Waals surface area contributed by atoms with Gasteiger partial charge >= 0.3 is 6.36 Å². The average Bonchev–Trinajstić information content (AvgIpc) is 3.36. The smallest absolute Gasteiger partial charge is 0.406 e. The molecule has 3 heterocycles. The number of aromatic nitrogens is 6. The van der Waals surface area contributed by atoms with Gasteiger partial charge in [-0.2, -0.15) is 5.10 Å². The maximum Gasteiger partial charge on any atom is 0.573 e. The summed E-state index contributed by atoms with van der Waals surface area (Å²) >= 11 is 0. The first kappa shape index (κ1) is 23.2. The van der Waals surface area contributed by atoms with E-state index in [1.165, 1.54) is 41.4 Å². The van der Waals surface area contributed by atoms with Crippen molar-refractivity contribution in [2.45, 2.75) is 38.8 Å². The maximum atomic E-state index is 13.1. The van der Waals surface area contributed by atoms with Crippen LogP contribution < -0.4 is 10.1 Å². The minimum atomic E-state index is -4.83. The van der Waals surface area contributed by atoms with Crippen LogP contribution in [0.2, 0.25) is 0 Å². The summed E-state index contributed by atoms with van der Waals surface area (Å²) in [6, 6.07) is 5.58. The van der Waals surface area contributed by atoms with Crippen molar-refractivity contribution in [2.75, 3.05) is 0 Å². The summed E-state index contributed by atoms with van der Waals surface area (Å²) in [4.78, 5) is 17.6. The fraction of sp³-hybridized carbons (Fsp3) is 0.286. The Kier molecular flexibility index (Phi) is 5.73. The zero-order chi connectivity index (χ0) is 24.7. The average molecular weight is 475 g/mol. The molecular weight excluding hydrogens is 455 g/mol. The van der Waals surface area contributed by atoms with Crippen LogP contribution in [0, 0.1) is 6.92 Å². The van der Waals surface area contributed by atoms with Gasteiger partial charge in [-0.05, 0) is 38.5 Å². The highest BCUT2D eigenvalue weighted by molar-refractivity contribution is 6.00. The third-order valence-electron chi connectivity index (χ3n) is 4.87. The van der Waals surface area contributed by atoms with E-state index in [1.54, 1.807) is 25.4 Å². The second kappa shape index (κ2) is 8.41. The number of ether oxygens (including phenoxy) is 1. The molecule has 4 aromatic rings. The molecule has 0 spiro atoms. The molecule has 178 valence electrons. The van der Waals surface area contributed by atoms with Gasteiger partial charge in [0.15, 0.2) is 11.5 Å². The molecule has 10 nitrogen and oxygen atoms in total. The maximum absolute atomic E-state index is 13.1. The van der Waals surface area contributed by atoms with Gasteiger partial charge in [-0.3, -0.25) is 4.79 Å². The Labute approximate surface area is 191 Å². The molecule has 0 unspecified atom stereocenters. The molecule has 0 saturated carbocycles. The van der Waals surface area contributed by atoms with E-state index in [9.17, 15) is 23.1 Å². The van der Waals surface area contributed by atoms with Crippen molar-refractivity contribution < 1.29 is 27.8 Å². The summed E-state index contributed by atoms with van der Waals surface area (Å²) in [5.74, 6) is -0.584. The molecule has 2 N–H and O–H groups in total. The third kappa shape index (κ3) is 4.98. The molecule has 0 aliphatic rings. The molecular formula is C21H20F3N7O3. The van der Waals surface area contributed by atoms with E-state index in [-0.39, 0.29) is 11.2 Å². The highest BCUT2D eigenvalue weighted by atomic mass is 19.4. The molecule has 0 saturated heterocycles. The van der Waals surface area contributed by atoms with E-state index >= 15 is 0 Å². The van der Waals surface area contributed by atoms with Gasteiger partial charge in [-0.15, -0.1) is 18.3 Å². The number of halogens is 3. The molecule has 0 aliphatic carbocycles. The number of hydrogen-bond acceptors (Lipinski definition) is 7. The number of carbonyl (C=O) groups excluding carboxylic acids is 1. The highest BCUT2D eigenvalue weighted by Gasteiger charge is 2.33. The number of rotatable bonds is 6. The standard InChI is InChI=1S/C21H20F3N7O3/c1-12-11-31(29-28-12)16-8-9-30-18(26-16)15(10-25-30)19(32)27-17(20(2,3)33)13-4-6-14(7-5-13)34-21(22,23)24/h4-11,17,33H,1-3H3,(H,27,32)/t17-/m0/s1. The van der Waals surface area contributed by atoms with Crippen LogP contribution in [0.5, 0.6) is 5.75 Å². The second-order valence-corrected chi connectivity index (χ2v) is 8.09. The minimum Gasteiger partial charge on any atom is -0.406 e. The van der Waals surface area contributed by atoms with Crippen molar-refractivity contribution in [3.63, 3.8) is 0 Å². The molecule has 34 heavy (non-hydrogen) atoms. The van der Waals surface area contributed by atoms with Crippen LogP contribution in [0.4, 0.5) is 13.2 Å². The van der Waals surface area contributed by atoms with Crippen LogP contribution in [0.15, 0.2) is 48.9 Å². The Morgan fingerprint density at radius 2 is 1.88 bits per heavy atom. The number of carbonyl (C=O) groups is 1. The monoisotopic (exact) mass is 475 g/mol. The van der Waals surface area contributed by atoms with Crippen LogP contribution in [0.3, 0.4) is 0 Å². The fourth-order valence-corrected chi connectivity index (χ4v) is 3.35. The number of aryl methyl sites for hydroxylation is 1. The number of nitrogens with one attached hydrogen (secondary N) is 1. The van der Waals surface area contributed by atoms with Gasteiger partial charge in [0.05, 0.1) is 29.7 Å². The Balaban J connectivity index is 1.62. The summed E-state index contributed by atoms with van der Waals surface area (Å²) in [5, 5.41) is 25.4. The van der Waals surface area contributed by atoms with E-state index in [0.717, 1.165) is 12.1 Å². The summed E-state index contributed by atoms with van der Waals surface area (Å²) < 4.78 is 44.1. The predicted octanol–water partition coefficient (Wildman–Crippen LogP) is 2.76. The predicted molar refractivity (Wildman–Crippen MR) is 112 cm³/mol. The topological polar surface area (TPSA) is 119 Å². The summed E-state index contributed by atoms with van der Waals surface area (Å²) in [7, 11) is 0. The van der Waals surface area contributed by atoms with Crippen molar-refractivity contribution >= 4 is 11.6 Å². The molecule has 1 aromatic carbocycles. The summed E-state index contributed by atoms with van der Waals surface area (Å²) in [5.41, 5.74) is -0.0232. The minimum absolute atomic E-state index is 0.130. The van der Waals surface area contributed by atoms with Crippen molar-refractivity contribution in [3.05, 3.63) is 65.7 Å². The molecule has 0 bridgehead atoms. The molecule has 3 aromatic heterocycles. The van der Waals surface area contributed by atoms with Crippen molar-refractivity contribution in [1.82, 2.24) is 34.9 Å². The molecule has 1 atom stereocenters. The first-order valence-electron chi connectivity index (χ1n) is 10.0. The lowest BCUT2D eigenvalue weighted by Crippen LogP contribution is -2.42. The number of alkyl halides is 3. The number of fused-ring (bicyclic) bond motifs is 1. The Morgan fingerprint density at radius 3 is 2.47 bits per heavy atom. The molecule has 4 rings (SSSR count). The summed E-state index contributed by atoms with van der Waals surface area (Å²) in [6.07, 6.45) is -0.217. The number of nitrogens with zero attached hydrogens (tertiary/aromatic N) is 6. The van der Waals surface area contributed by atoms with Gasteiger partial charge in [0.2, 0.25) is 0 Å². The van der Waals surface area contributed by atoms with E-state index in [4.69, 9.17) is 0 Å². The summed E-state index contributed by atoms with van der Waals surface area (Å²) in [6.45, 7) is 4.72. The van der Waals surface area contributed by atoms with Gasteiger partial charge in [-0.25, -0.2) is 14.2 Å². The van der Waals surface area contributed by atoms with E-state index in [0.29, 0.717) is 17.1 Å². The number of amides is 1. The van der Waals surface area contributed by atoms with E-state index < -0.39 is 29.7 Å². The quantitative estimate of drug-likeness (QED) is 0.440.